The number of ether oxygens (including phenoxy) is 5. The van der Waals surface area contributed by atoms with Gasteiger partial charge in [0.2, 0.25) is 0 Å². The molecule has 20 heteroatoms. The molecular weight excluding hydrogens is 854 g/mol. The molecule has 1 aromatic heterocycles. The molecule has 3 unspecified atom stereocenters. The highest BCUT2D eigenvalue weighted by Gasteiger charge is 2.58. The number of ketones is 1. The first-order valence-electron chi connectivity index (χ1n) is 22.1. The summed E-state index contributed by atoms with van der Waals surface area (Å²) in [5, 5.41) is 35.7. The van der Waals surface area contributed by atoms with Crippen molar-refractivity contribution in [3.8, 4) is 11.3 Å². The van der Waals surface area contributed by atoms with Crippen molar-refractivity contribution in [3.63, 3.8) is 0 Å². The van der Waals surface area contributed by atoms with E-state index in [1.165, 1.54) is 20.3 Å². The number of amides is 1. The van der Waals surface area contributed by atoms with Gasteiger partial charge in [0, 0.05) is 67.9 Å². The van der Waals surface area contributed by atoms with Crippen LogP contribution in [-0.4, -0.2) is 147 Å². The van der Waals surface area contributed by atoms with Gasteiger partial charge in [-0.3, -0.25) is 24.0 Å². The number of nitrogens with zero attached hydrogens (tertiary/aromatic N) is 4. The van der Waals surface area contributed by atoms with Gasteiger partial charge in [0.15, 0.2) is 17.7 Å². The zero-order valence-electron chi connectivity index (χ0n) is 38.8. The molecule has 0 saturated carbocycles. The molecule has 0 radical (unpaired) electrons. The average Bonchev–Trinajstić information content (AvgIpc) is 3.83. The Morgan fingerprint density at radius 3 is 2.47 bits per heavy atom. The van der Waals surface area contributed by atoms with E-state index in [4.69, 9.17) is 29.4 Å². The van der Waals surface area contributed by atoms with Gasteiger partial charge in [-0.05, 0) is 91.3 Å². The quantitative estimate of drug-likeness (QED) is 0.0797. The highest BCUT2D eigenvalue weighted by Crippen LogP contribution is 2.40. The van der Waals surface area contributed by atoms with E-state index in [-0.39, 0.29) is 30.7 Å². The number of nitrogens with two attached hydrogens (primary N) is 1. The Hall–Kier alpha value is -3.92. The number of aromatic nitrogens is 3. The molecule has 3 aliphatic rings. The first kappa shape index (κ1) is 52.7. The molecule has 0 spiro atoms. The number of carbonyl (C=O) groups excluding carboxylic acids is 3. The van der Waals surface area contributed by atoms with Crippen LogP contribution in [0.1, 0.15) is 87.5 Å². The summed E-state index contributed by atoms with van der Waals surface area (Å²) in [6.45, 7) is 15.5. The molecule has 64 heavy (non-hydrogen) atoms. The highest BCUT2D eigenvalue weighted by atomic mass is 32.2. The maximum atomic E-state index is 14.4. The topological polar surface area (TPSA) is 239 Å². The van der Waals surface area contributed by atoms with Crippen molar-refractivity contribution in [2.45, 2.75) is 154 Å². The summed E-state index contributed by atoms with van der Waals surface area (Å²) >= 11 is 0.250. The Balaban J connectivity index is 0.00000291. The molecule has 3 fully saturated rings. The van der Waals surface area contributed by atoms with Gasteiger partial charge in [-0.25, -0.2) is 4.79 Å². The van der Waals surface area contributed by atoms with Gasteiger partial charge >= 0.3 is 18.0 Å². The summed E-state index contributed by atoms with van der Waals surface area (Å²) in [6.07, 6.45) is 0.218. The summed E-state index contributed by atoms with van der Waals surface area (Å²) in [5.74, 6) is -4.61. The lowest BCUT2D eigenvalue weighted by Gasteiger charge is -2.46. The van der Waals surface area contributed by atoms with E-state index >= 15 is 0 Å². The number of benzene rings is 1. The van der Waals surface area contributed by atoms with Crippen LogP contribution >= 0.6 is 12.1 Å². The maximum Gasteiger partial charge on any atom is 0.410 e. The lowest BCUT2D eigenvalue weighted by Crippen LogP contribution is -2.61. The molecular formula is C44H70FN7O11S. The predicted molar refractivity (Wildman–Crippen MR) is 239 cm³/mol. The molecule has 1 aromatic carbocycles. The van der Waals surface area contributed by atoms with Crippen LogP contribution in [0, 0.1) is 17.8 Å². The zero-order valence-corrected chi connectivity index (χ0v) is 39.6. The largest absolute Gasteiger partial charge is 0.480 e. The average molecular weight is 924 g/mol. The minimum absolute atomic E-state index is 0.0815. The van der Waals surface area contributed by atoms with E-state index < -0.39 is 89.6 Å². The number of anilines is 1. The van der Waals surface area contributed by atoms with Crippen LogP contribution in [0.3, 0.4) is 0 Å². The van der Waals surface area contributed by atoms with Crippen molar-refractivity contribution >= 4 is 41.7 Å². The number of halogens is 1. The van der Waals surface area contributed by atoms with Crippen LogP contribution in [0.4, 0.5) is 14.4 Å². The van der Waals surface area contributed by atoms with E-state index in [9.17, 15) is 33.3 Å². The number of carboxylic acid groups (broad SMARTS) is 1. The lowest BCUT2D eigenvalue weighted by atomic mass is 9.78. The Bertz CT molecular complexity index is 1860. The van der Waals surface area contributed by atoms with Crippen LogP contribution in [0.25, 0.3) is 11.3 Å². The molecule has 6 N–H and O–H groups in total. The molecule has 1 amide bonds. The first-order valence-corrected chi connectivity index (χ1v) is 23.2. The van der Waals surface area contributed by atoms with Gasteiger partial charge in [-0.1, -0.05) is 38.1 Å². The predicted octanol–water partition coefficient (Wildman–Crippen LogP) is 4.63. The number of carboxylic acids is 1. The minimum atomic E-state index is -1.27. The highest BCUT2D eigenvalue weighted by molar-refractivity contribution is 7.93. The smallest absolute Gasteiger partial charge is 0.410 e. The molecule has 18 nitrogen and oxygen atoms in total. The van der Waals surface area contributed by atoms with Crippen LogP contribution in [0.5, 0.6) is 0 Å². The number of unbranched alkanes of at least 4 members (excludes halogenated alkanes) is 1. The van der Waals surface area contributed by atoms with Crippen LogP contribution in [0.15, 0.2) is 30.5 Å². The number of fused-ring (bicyclic) bond motifs is 1. The summed E-state index contributed by atoms with van der Waals surface area (Å²) in [6, 6.07) is 5.89. The molecule has 360 valence electrons. The van der Waals surface area contributed by atoms with E-state index in [1.54, 1.807) is 30.4 Å². The Kier molecular flexibility index (Phi) is 19.4. The number of rotatable bonds is 13. The van der Waals surface area contributed by atoms with Gasteiger partial charge in [0.25, 0.3) is 0 Å². The SMILES string of the molecule is CC[C@H]1OC(=O)[C@H](C)C(=O)[C@H](C)[C@@H](O[C@@H]2OC(C)CC(NCC(=O)O)C2O)[C@](C)(OC)C[C@@H](C)CN[C@H](C)[C@H]2N(CCCCn3cc(-c4cccc(N)c4)nn3)C(=O)O[C@]12C.CSF. The zero-order chi connectivity index (χ0) is 47.5. The second-order valence-electron chi connectivity index (χ2n) is 17.8. The number of aliphatic hydroxyl groups is 1. The number of Topliss-reactive ketones (excluding diaryl/α,β-unsaturated/α-hetero) is 1. The van der Waals surface area contributed by atoms with E-state index in [1.807, 2.05) is 58.2 Å². The number of esters is 1. The lowest BCUT2D eigenvalue weighted by molar-refractivity contribution is -0.290. The van der Waals surface area contributed by atoms with Gasteiger partial charge in [0.05, 0.1) is 36.6 Å². The van der Waals surface area contributed by atoms with Gasteiger partial charge in [0.1, 0.15) is 23.8 Å². The number of nitrogens with one attached hydrogen (secondary N) is 2. The third-order valence-corrected chi connectivity index (χ3v) is 12.7. The van der Waals surface area contributed by atoms with Crippen molar-refractivity contribution in [2.24, 2.45) is 17.8 Å². The Morgan fingerprint density at radius 1 is 1.14 bits per heavy atom. The molecule has 0 bridgehead atoms. The van der Waals surface area contributed by atoms with E-state index in [0.29, 0.717) is 63.1 Å². The number of aryl methyl sites for hydroxylation is 1. The normalized spacial score (nSPS) is 34.1. The van der Waals surface area contributed by atoms with Crippen molar-refractivity contribution in [1.29, 1.82) is 0 Å². The molecule has 2 aromatic rings. The van der Waals surface area contributed by atoms with Crippen molar-refractivity contribution in [2.75, 3.05) is 38.7 Å². The summed E-state index contributed by atoms with van der Waals surface area (Å²) in [5.41, 5.74) is 5.76. The Morgan fingerprint density at radius 2 is 1.83 bits per heavy atom. The second kappa shape index (κ2) is 23.5. The molecule has 0 aliphatic carbocycles. The summed E-state index contributed by atoms with van der Waals surface area (Å²) in [7, 11) is 1.53. The van der Waals surface area contributed by atoms with E-state index in [2.05, 4.69) is 20.9 Å². The third kappa shape index (κ3) is 12.9. The van der Waals surface area contributed by atoms with Crippen molar-refractivity contribution < 1.29 is 57.0 Å². The molecule has 13 atom stereocenters. The molecule has 4 heterocycles. The monoisotopic (exact) mass is 923 g/mol. The van der Waals surface area contributed by atoms with E-state index in [0.717, 1.165) is 5.56 Å². The maximum absolute atomic E-state index is 14.4. The minimum Gasteiger partial charge on any atom is -0.480 e. The summed E-state index contributed by atoms with van der Waals surface area (Å²) < 4.78 is 43.2. The third-order valence-electron chi connectivity index (χ3n) is 12.7. The number of aliphatic hydroxyl groups excluding tert-OH is 1. The van der Waals surface area contributed by atoms with Crippen molar-refractivity contribution in [1.82, 2.24) is 30.5 Å². The Labute approximate surface area is 380 Å². The van der Waals surface area contributed by atoms with Crippen molar-refractivity contribution in [3.05, 3.63) is 30.5 Å². The van der Waals surface area contributed by atoms with Gasteiger partial charge in [-0.2, -0.15) is 3.89 Å². The van der Waals surface area contributed by atoms with Crippen LogP contribution < -0.4 is 16.4 Å². The number of cyclic esters (lactones) is 1. The summed E-state index contributed by atoms with van der Waals surface area (Å²) in [4.78, 5) is 55.3. The molecule has 3 saturated heterocycles. The first-order chi connectivity index (χ1) is 30.2. The number of hydrogen-bond acceptors (Lipinski definition) is 16. The van der Waals surface area contributed by atoms with Gasteiger partial charge < -0.3 is 50.3 Å². The van der Waals surface area contributed by atoms with Gasteiger partial charge in [-0.15, -0.1) is 5.10 Å². The number of aliphatic carboxylic acids is 1. The number of methoxy groups -OCH3 is 1. The van der Waals surface area contributed by atoms with Crippen LogP contribution in [-0.2, 0) is 44.6 Å². The molecule has 5 rings (SSSR count). The number of carbonyl (C=O) groups is 4. The van der Waals surface area contributed by atoms with Crippen LogP contribution in [0.2, 0.25) is 0 Å². The number of nitrogen functional groups attached to an aromatic ring is 1. The second-order valence-corrected chi connectivity index (χ2v) is 18.1. The number of hydrogen-bond donors (Lipinski definition) is 5. The fourth-order valence-electron chi connectivity index (χ4n) is 9.38. The fourth-order valence-corrected chi connectivity index (χ4v) is 9.38. The standard InChI is InChI=1S/C43H67N7O11.CH3FS/c1-10-33-43(8)37(50(41(56)61-43)17-12-11-16-49-23-32(47-48-49)29-14-13-15-30(44)19-29)28(6)45-21-24(2)20-42(7,57-9)38(26(4)35(53)27(5)39(55)59-33)60-40-36(54)31(18-25(3)58-40)46-22-34(51)52;1-3-2/h13-15,19,23-28,31,33,36-38,40,45-46,54H,10-12,16-18,20-22,44H2,1-9H3,(H,51,52);1H3/t24-,25?,26+,27-,28-,31?,33-,36?,37-,38-,40+,42-,43-;/m1./s1. The fraction of sp³-hybridized carbons (Fsp3) is 0.727. The molecule has 3 aliphatic heterocycles.